The summed E-state index contributed by atoms with van der Waals surface area (Å²) >= 11 is -0.492. The number of hydrogen-bond donors (Lipinski definition) is 1. The predicted molar refractivity (Wildman–Crippen MR) is 84.6 cm³/mol. The highest BCUT2D eigenvalue weighted by Gasteiger charge is 2.06. The fourth-order valence-electron chi connectivity index (χ4n) is 1.52. The van der Waals surface area contributed by atoms with E-state index in [1.807, 2.05) is 19.1 Å². The van der Waals surface area contributed by atoms with Crippen molar-refractivity contribution in [3.63, 3.8) is 0 Å². The number of thiazole rings is 1. The van der Waals surface area contributed by atoms with Crippen molar-refractivity contribution in [2.75, 3.05) is 20.8 Å². The van der Waals surface area contributed by atoms with Crippen molar-refractivity contribution >= 4 is 32.8 Å². The molecule has 8 heteroatoms. The van der Waals surface area contributed by atoms with Gasteiger partial charge in [-0.1, -0.05) is 13.3 Å². The zero-order valence-electron chi connectivity index (χ0n) is 12.3. The second kappa shape index (κ2) is 9.67. The molecule has 2 aromatic rings. The van der Waals surface area contributed by atoms with Gasteiger partial charge in [-0.3, -0.25) is 4.21 Å². The Morgan fingerprint density at radius 3 is 2.71 bits per heavy atom. The molecule has 0 amide bonds. The molecule has 1 heterocycles. The molecule has 0 fully saturated rings. The van der Waals surface area contributed by atoms with E-state index >= 15 is 0 Å². The molecule has 0 saturated carbocycles. The van der Waals surface area contributed by atoms with Crippen LogP contribution in [0.15, 0.2) is 17.6 Å². The van der Waals surface area contributed by atoms with Crippen LogP contribution >= 0.6 is 11.3 Å². The smallest absolute Gasteiger partial charge is 0.149 e. The lowest BCUT2D eigenvalue weighted by molar-refractivity contribution is 0.397. The third kappa shape index (κ3) is 5.96. The van der Waals surface area contributed by atoms with E-state index < -0.39 is 11.3 Å². The number of methoxy groups -OCH3 is 2. The molecule has 6 nitrogen and oxygen atoms in total. The van der Waals surface area contributed by atoms with Gasteiger partial charge in [0.05, 0.1) is 24.4 Å². The lowest BCUT2D eigenvalue weighted by Crippen LogP contribution is -2.17. The van der Waals surface area contributed by atoms with Gasteiger partial charge < -0.3 is 14.0 Å². The Morgan fingerprint density at radius 2 is 2.14 bits per heavy atom. The van der Waals surface area contributed by atoms with Gasteiger partial charge in [-0.05, 0) is 12.5 Å². The topological polar surface area (TPSA) is 83.5 Å². The minimum Gasteiger partial charge on any atom is -0.760 e. The highest BCUT2D eigenvalue weighted by atomic mass is 32.2. The number of aromatic nitrogens is 1. The van der Waals surface area contributed by atoms with E-state index in [4.69, 9.17) is 9.47 Å². The third-order valence-corrected chi connectivity index (χ3v) is 3.80. The Kier molecular flexibility index (Phi) is 8.21. The Labute approximate surface area is 130 Å². The molecule has 1 N–H and O–H groups in total. The molecule has 0 saturated heterocycles. The van der Waals surface area contributed by atoms with Gasteiger partial charge >= 0.3 is 0 Å². The number of benzene rings is 1. The van der Waals surface area contributed by atoms with Crippen LogP contribution in [-0.4, -0.2) is 34.5 Å². The highest BCUT2D eigenvalue weighted by Crippen LogP contribution is 2.32. The fourth-order valence-corrected chi connectivity index (χ4v) is 2.55. The second-order valence-electron chi connectivity index (χ2n) is 4.01. The number of fused-ring (bicyclic) bond motifs is 1. The standard InChI is InChI=1S/C9H9NO2S.C4H11NO2S/c1-11-6-3-7(12-2)9-8(4-6)13-5-10-9;1-2-3-4-5-8(6)7/h3-5H,1-2H3;5H,2-4H2,1H3,(H,6,7)/p-1. The maximum atomic E-state index is 9.76. The van der Waals surface area contributed by atoms with Crippen LogP contribution in [0.1, 0.15) is 19.8 Å². The van der Waals surface area contributed by atoms with Crippen LogP contribution in [0.2, 0.25) is 0 Å². The average molecular weight is 331 g/mol. The van der Waals surface area contributed by atoms with Crippen molar-refractivity contribution in [2.24, 2.45) is 0 Å². The molecule has 0 bridgehead atoms. The minimum atomic E-state index is -2.07. The Balaban J connectivity index is 0.000000240. The number of rotatable bonds is 6. The lowest BCUT2D eigenvalue weighted by atomic mass is 10.3. The summed E-state index contributed by atoms with van der Waals surface area (Å²) in [6.07, 6.45) is 1.93. The summed E-state index contributed by atoms with van der Waals surface area (Å²) in [4.78, 5) is 4.20. The molecule has 0 aliphatic heterocycles. The van der Waals surface area contributed by atoms with Crippen LogP contribution < -0.4 is 14.2 Å². The number of nitrogens with zero attached hydrogens (tertiary/aromatic N) is 1. The van der Waals surface area contributed by atoms with Gasteiger partial charge in [-0.2, -0.15) is 0 Å². The summed E-state index contributed by atoms with van der Waals surface area (Å²) < 4.78 is 33.2. The van der Waals surface area contributed by atoms with E-state index in [0.717, 1.165) is 34.6 Å². The number of unbranched alkanes of at least 4 members (excludes halogenated alkanes) is 1. The van der Waals surface area contributed by atoms with Crippen LogP contribution in [0.25, 0.3) is 10.2 Å². The van der Waals surface area contributed by atoms with Gasteiger partial charge in [-0.25, -0.2) is 9.71 Å². The predicted octanol–water partition coefficient (Wildman–Crippen LogP) is 2.48. The first-order chi connectivity index (χ1) is 10.1. The molecule has 0 aliphatic carbocycles. The fraction of sp³-hybridized carbons (Fsp3) is 0.462. The van der Waals surface area contributed by atoms with Gasteiger partial charge in [0.25, 0.3) is 0 Å². The summed E-state index contributed by atoms with van der Waals surface area (Å²) in [5.41, 5.74) is 2.69. The molecule has 1 atom stereocenters. The van der Waals surface area contributed by atoms with E-state index in [1.54, 1.807) is 31.1 Å². The van der Waals surface area contributed by atoms with Crippen LogP contribution in [0, 0.1) is 0 Å². The molecule has 0 aliphatic rings. The second-order valence-corrected chi connectivity index (χ2v) is 5.66. The molecule has 1 aromatic carbocycles. The maximum Gasteiger partial charge on any atom is 0.149 e. The normalized spacial score (nSPS) is 11.6. The summed E-state index contributed by atoms with van der Waals surface area (Å²) in [6, 6.07) is 3.79. The zero-order chi connectivity index (χ0) is 15.7. The quantitative estimate of drug-likeness (QED) is 0.649. The zero-order valence-corrected chi connectivity index (χ0v) is 13.9. The number of ether oxygens (including phenoxy) is 2. The molecular formula is C13H19N2O4S2-. The molecule has 2 rings (SSSR count). The molecule has 0 spiro atoms. The van der Waals surface area contributed by atoms with Crippen molar-refractivity contribution in [3.05, 3.63) is 17.6 Å². The Hall–Kier alpha value is -1.22. The van der Waals surface area contributed by atoms with Crippen molar-refractivity contribution in [1.82, 2.24) is 9.71 Å². The molecule has 0 radical (unpaired) electrons. The Morgan fingerprint density at radius 1 is 1.38 bits per heavy atom. The first kappa shape index (κ1) is 17.8. The Bertz CT molecular complexity index is 574. The average Bonchev–Trinajstić information content (AvgIpc) is 2.95. The first-order valence-electron chi connectivity index (χ1n) is 6.40. The van der Waals surface area contributed by atoms with Gasteiger partial charge in [-0.15, -0.1) is 11.3 Å². The SMILES string of the molecule is CCCCNS(=O)[O-].COc1cc(OC)c2ncsc2c1. The van der Waals surface area contributed by atoms with Crippen molar-refractivity contribution < 1.29 is 18.2 Å². The van der Waals surface area contributed by atoms with Crippen LogP contribution in [-0.2, 0) is 11.3 Å². The highest BCUT2D eigenvalue weighted by molar-refractivity contribution is 7.77. The van der Waals surface area contributed by atoms with Crippen LogP contribution in [0.5, 0.6) is 11.5 Å². The molecule has 118 valence electrons. The monoisotopic (exact) mass is 331 g/mol. The minimum absolute atomic E-state index is 0.562. The largest absolute Gasteiger partial charge is 0.760 e. The van der Waals surface area contributed by atoms with Gasteiger partial charge in [0.1, 0.15) is 17.0 Å². The lowest BCUT2D eigenvalue weighted by Gasteiger charge is -2.04. The number of hydrogen-bond acceptors (Lipinski definition) is 6. The summed E-state index contributed by atoms with van der Waals surface area (Å²) in [5, 5.41) is 0. The van der Waals surface area contributed by atoms with Gasteiger partial charge in [0, 0.05) is 23.9 Å². The summed E-state index contributed by atoms with van der Waals surface area (Å²) in [5.74, 6) is 1.56. The van der Waals surface area contributed by atoms with E-state index in [0.29, 0.717) is 6.54 Å². The van der Waals surface area contributed by atoms with Crippen LogP contribution in [0.4, 0.5) is 0 Å². The summed E-state index contributed by atoms with van der Waals surface area (Å²) in [6.45, 7) is 2.57. The third-order valence-electron chi connectivity index (χ3n) is 2.58. The van der Waals surface area contributed by atoms with E-state index in [-0.39, 0.29) is 0 Å². The molecule has 1 aromatic heterocycles. The van der Waals surface area contributed by atoms with E-state index in [1.165, 1.54) is 0 Å². The number of nitrogens with one attached hydrogen (secondary N) is 1. The van der Waals surface area contributed by atoms with E-state index in [2.05, 4.69) is 9.71 Å². The first-order valence-corrected chi connectivity index (χ1v) is 8.35. The molecular weight excluding hydrogens is 312 g/mol. The van der Waals surface area contributed by atoms with Crippen LogP contribution in [0.3, 0.4) is 0 Å². The van der Waals surface area contributed by atoms with Gasteiger partial charge in [0.15, 0.2) is 0 Å². The maximum absolute atomic E-state index is 9.76. The van der Waals surface area contributed by atoms with Crippen molar-refractivity contribution in [1.29, 1.82) is 0 Å². The van der Waals surface area contributed by atoms with Gasteiger partial charge in [0.2, 0.25) is 0 Å². The summed E-state index contributed by atoms with van der Waals surface area (Å²) in [7, 11) is 3.27. The molecule has 21 heavy (non-hydrogen) atoms. The van der Waals surface area contributed by atoms with E-state index in [9.17, 15) is 8.76 Å². The van der Waals surface area contributed by atoms with Crippen molar-refractivity contribution in [3.8, 4) is 11.5 Å². The van der Waals surface area contributed by atoms with Crippen molar-refractivity contribution in [2.45, 2.75) is 19.8 Å². The molecule has 1 unspecified atom stereocenters.